The second-order valence-electron chi connectivity index (χ2n) is 4.79. The van der Waals surface area contributed by atoms with Gasteiger partial charge in [-0.3, -0.25) is 0 Å². The Morgan fingerprint density at radius 3 is 2.50 bits per heavy atom. The molecule has 0 saturated heterocycles. The summed E-state index contributed by atoms with van der Waals surface area (Å²) in [5, 5.41) is 19.0. The summed E-state index contributed by atoms with van der Waals surface area (Å²) in [6.07, 6.45) is 2.36. The number of carbonyl (C=O) groups excluding carboxylic acids is 1. The van der Waals surface area contributed by atoms with E-state index in [-0.39, 0.29) is 12.3 Å². The molecule has 0 aliphatic heterocycles. The van der Waals surface area contributed by atoms with Gasteiger partial charge in [0.2, 0.25) is 0 Å². The Morgan fingerprint density at radius 2 is 1.95 bits per heavy atom. The normalized spacial score (nSPS) is 20.1. The molecule has 1 aromatic rings. The lowest BCUT2D eigenvalue weighted by atomic mass is 9.66. The van der Waals surface area contributed by atoms with Crippen LogP contribution in [-0.2, 0) is 9.53 Å². The third-order valence-electron chi connectivity index (χ3n) is 3.71. The zero-order valence-electron chi connectivity index (χ0n) is 11.2. The summed E-state index contributed by atoms with van der Waals surface area (Å²) in [5.74, 6) is -0.696. The quantitative estimate of drug-likeness (QED) is 0.771. The van der Waals surface area contributed by atoms with Gasteiger partial charge in [-0.15, -0.1) is 0 Å². The van der Waals surface area contributed by atoms with Gasteiger partial charge in [0.25, 0.3) is 0 Å². The predicted octanol–water partition coefficient (Wildman–Crippen LogP) is 2.70. The summed E-state index contributed by atoms with van der Waals surface area (Å²) in [6, 6.07) is 13.7. The molecule has 0 aromatic heterocycles. The number of methoxy groups -OCH3 is 1. The van der Waals surface area contributed by atoms with Gasteiger partial charge in [0, 0.05) is 17.9 Å². The first-order chi connectivity index (χ1) is 9.66. The maximum atomic E-state index is 11.6. The zero-order valence-corrected chi connectivity index (χ0v) is 11.2. The number of allylic oxidation sites excluding steroid dienone is 1. The van der Waals surface area contributed by atoms with E-state index in [0.29, 0.717) is 12.0 Å². The maximum Gasteiger partial charge on any atom is 0.333 e. The summed E-state index contributed by atoms with van der Waals surface area (Å²) in [6.45, 7) is 0. The molecule has 0 bridgehead atoms. The molecule has 20 heavy (non-hydrogen) atoms. The highest BCUT2D eigenvalue weighted by Gasteiger charge is 2.44. The van der Waals surface area contributed by atoms with Crippen LogP contribution in [0.5, 0.6) is 0 Å². The molecule has 0 amide bonds. The van der Waals surface area contributed by atoms with Crippen molar-refractivity contribution in [1.29, 1.82) is 10.5 Å². The first-order valence-corrected chi connectivity index (χ1v) is 6.31. The number of nitriles is 2. The van der Waals surface area contributed by atoms with E-state index in [1.807, 2.05) is 30.3 Å². The lowest BCUT2D eigenvalue weighted by Crippen LogP contribution is -2.31. The van der Waals surface area contributed by atoms with Gasteiger partial charge >= 0.3 is 5.97 Å². The molecule has 0 spiro atoms. The number of hydrogen-bond donors (Lipinski definition) is 0. The van der Waals surface area contributed by atoms with Crippen LogP contribution in [0.25, 0.3) is 0 Å². The fourth-order valence-corrected chi connectivity index (χ4v) is 2.61. The average Bonchev–Trinajstić information content (AvgIpc) is 2.54. The smallest absolute Gasteiger partial charge is 0.333 e. The largest absolute Gasteiger partial charge is 0.466 e. The van der Waals surface area contributed by atoms with Crippen LogP contribution < -0.4 is 0 Å². The van der Waals surface area contributed by atoms with Crippen molar-refractivity contribution >= 4 is 5.97 Å². The number of esters is 1. The molecule has 1 aliphatic carbocycles. The molecule has 1 unspecified atom stereocenters. The highest BCUT2D eigenvalue weighted by Crippen LogP contribution is 2.46. The van der Waals surface area contributed by atoms with Crippen molar-refractivity contribution in [2.75, 3.05) is 7.11 Å². The minimum Gasteiger partial charge on any atom is -0.466 e. The molecule has 0 N–H and O–H groups in total. The van der Waals surface area contributed by atoms with E-state index in [4.69, 9.17) is 0 Å². The van der Waals surface area contributed by atoms with E-state index in [1.165, 1.54) is 7.11 Å². The Kier molecular flexibility index (Phi) is 3.86. The van der Waals surface area contributed by atoms with Crippen molar-refractivity contribution in [3.05, 3.63) is 47.5 Å². The van der Waals surface area contributed by atoms with Crippen LogP contribution in [0.15, 0.2) is 42.0 Å². The number of rotatable bonds is 2. The molecule has 4 nitrogen and oxygen atoms in total. The van der Waals surface area contributed by atoms with Crippen LogP contribution in [0.3, 0.4) is 0 Å². The molecule has 0 radical (unpaired) electrons. The van der Waals surface area contributed by atoms with Gasteiger partial charge in [-0.05, 0) is 12.0 Å². The lowest BCUT2D eigenvalue weighted by molar-refractivity contribution is -0.136. The molecule has 0 fully saturated rings. The van der Waals surface area contributed by atoms with Gasteiger partial charge in [0.15, 0.2) is 5.41 Å². The van der Waals surface area contributed by atoms with Crippen molar-refractivity contribution < 1.29 is 9.53 Å². The summed E-state index contributed by atoms with van der Waals surface area (Å²) >= 11 is 0. The summed E-state index contributed by atoms with van der Waals surface area (Å²) in [7, 11) is 1.30. The lowest BCUT2D eigenvalue weighted by Gasteiger charge is -2.32. The van der Waals surface area contributed by atoms with Gasteiger partial charge in [-0.1, -0.05) is 36.4 Å². The summed E-state index contributed by atoms with van der Waals surface area (Å²) in [4.78, 5) is 11.6. The summed E-state index contributed by atoms with van der Waals surface area (Å²) in [5.41, 5.74) is 0.123. The molecule has 1 atom stereocenters. The van der Waals surface area contributed by atoms with Gasteiger partial charge < -0.3 is 4.74 Å². The van der Waals surface area contributed by atoms with E-state index in [9.17, 15) is 15.3 Å². The second-order valence-corrected chi connectivity index (χ2v) is 4.79. The van der Waals surface area contributed by atoms with E-state index in [2.05, 4.69) is 16.9 Å². The molecular formula is C16H14N2O2. The Hall–Kier alpha value is -2.59. The SMILES string of the molecule is COC(=O)C1=CCC(c2ccccc2)C(C#N)(C#N)C1. The van der Waals surface area contributed by atoms with Crippen molar-refractivity contribution in [3.8, 4) is 12.1 Å². The second kappa shape index (κ2) is 5.59. The van der Waals surface area contributed by atoms with Crippen molar-refractivity contribution in [2.45, 2.75) is 18.8 Å². The van der Waals surface area contributed by atoms with Crippen molar-refractivity contribution in [3.63, 3.8) is 0 Å². The number of ether oxygens (including phenoxy) is 1. The van der Waals surface area contributed by atoms with E-state index in [1.54, 1.807) is 6.08 Å². The third kappa shape index (κ3) is 2.29. The Morgan fingerprint density at radius 1 is 1.30 bits per heavy atom. The third-order valence-corrected chi connectivity index (χ3v) is 3.71. The van der Waals surface area contributed by atoms with Gasteiger partial charge in [0.05, 0.1) is 19.2 Å². The van der Waals surface area contributed by atoms with Gasteiger partial charge in [-0.2, -0.15) is 10.5 Å². The molecule has 1 aromatic carbocycles. The highest BCUT2D eigenvalue weighted by atomic mass is 16.5. The van der Waals surface area contributed by atoms with Crippen LogP contribution >= 0.6 is 0 Å². The standard InChI is InChI=1S/C16H14N2O2/c1-20-15(19)13-7-8-14(12-5-3-2-4-6-12)16(9-13,10-17)11-18/h2-7,14H,8-9H2,1H3. The van der Waals surface area contributed by atoms with Crippen molar-refractivity contribution in [2.24, 2.45) is 5.41 Å². The van der Waals surface area contributed by atoms with Gasteiger partial charge in [-0.25, -0.2) is 4.79 Å². The number of benzene rings is 1. The molecule has 0 saturated carbocycles. The minimum atomic E-state index is -1.22. The Labute approximate surface area is 117 Å². The maximum absolute atomic E-state index is 11.6. The minimum absolute atomic E-state index is 0.103. The molecule has 4 heteroatoms. The van der Waals surface area contributed by atoms with Crippen molar-refractivity contribution in [1.82, 2.24) is 0 Å². The summed E-state index contributed by atoms with van der Waals surface area (Å²) < 4.78 is 4.69. The molecule has 1 aliphatic rings. The Balaban J connectivity index is 2.44. The number of carbonyl (C=O) groups is 1. The van der Waals surface area contributed by atoms with Crippen LogP contribution in [0.1, 0.15) is 24.3 Å². The first-order valence-electron chi connectivity index (χ1n) is 6.31. The first kappa shape index (κ1) is 13.8. The molecule has 0 heterocycles. The van der Waals surface area contributed by atoms with Crippen LogP contribution in [0.4, 0.5) is 0 Å². The van der Waals surface area contributed by atoms with Gasteiger partial charge in [0.1, 0.15) is 0 Å². The highest BCUT2D eigenvalue weighted by molar-refractivity contribution is 5.89. The molecular weight excluding hydrogens is 252 g/mol. The average molecular weight is 266 g/mol. The zero-order chi connectivity index (χ0) is 14.6. The Bertz CT molecular complexity index is 606. The number of nitrogens with zero attached hydrogens (tertiary/aromatic N) is 2. The monoisotopic (exact) mass is 266 g/mol. The van der Waals surface area contributed by atoms with E-state index >= 15 is 0 Å². The van der Waals surface area contributed by atoms with Crippen LogP contribution in [0, 0.1) is 28.1 Å². The predicted molar refractivity (Wildman–Crippen MR) is 72.2 cm³/mol. The van der Waals surface area contributed by atoms with Crippen LogP contribution in [-0.4, -0.2) is 13.1 Å². The van der Waals surface area contributed by atoms with Crippen LogP contribution in [0.2, 0.25) is 0 Å². The fourth-order valence-electron chi connectivity index (χ4n) is 2.61. The van der Waals surface area contributed by atoms with E-state index < -0.39 is 11.4 Å². The number of hydrogen-bond acceptors (Lipinski definition) is 4. The topological polar surface area (TPSA) is 73.9 Å². The molecule has 100 valence electrons. The van der Waals surface area contributed by atoms with E-state index in [0.717, 1.165) is 5.56 Å². The fraction of sp³-hybridized carbons (Fsp3) is 0.312. The molecule has 2 rings (SSSR count).